The number of carbonyl (C=O) groups excluding carboxylic acids is 3. The number of unbranched alkanes of at least 4 members (excludes halogenated alkanes) is 20. The van der Waals surface area contributed by atoms with Gasteiger partial charge in [0.05, 0.1) is 0 Å². The first-order valence-electron chi connectivity index (χ1n) is 22.8. The first kappa shape index (κ1) is 52.1. The third-order valence-electron chi connectivity index (χ3n) is 9.50. The van der Waals surface area contributed by atoms with E-state index in [1.165, 1.54) is 57.8 Å². The molecule has 55 heavy (non-hydrogen) atoms. The fourth-order valence-electron chi connectivity index (χ4n) is 6.04. The van der Waals surface area contributed by atoms with Gasteiger partial charge in [0.2, 0.25) is 0 Å². The van der Waals surface area contributed by atoms with Crippen molar-refractivity contribution in [1.82, 2.24) is 0 Å². The molecule has 0 heterocycles. The summed E-state index contributed by atoms with van der Waals surface area (Å²) in [7, 11) is 0. The molecule has 6 heteroatoms. The van der Waals surface area contributed by atoms with Crippen LogP contribution in [-0.2, 0) is 28.6 Å². The van der Waals surface area contributed by atoms with E-state index >= 15 is 0 Å². The zero-order valence-corrected chi connectivity index (χ0v) is 35.9. The van der Waals surface area contributed by atoms with Crippen molar-refractivity contribution in [2.24, 2.45) is 0 Å². The van der Waals surface area contributed by atoms with Crippen LogP contribution < -0.4 is 0 Å². The molecule has 0 saturated carbocycles. The fraction of sp³-hybridized carbons (Fsp3) is 0.735. The number of allylic oxidation sites excluding steroid dienone is 10. The molecule has 0 spiro atoms. The topological polar surface area (TPSA) is 78.9 Å². The highest BCUT2D eigenvalue weighted by atomic mass is 16.6. The molecule has 0 N–H and O–H groups in total. The highest BCUT2D eigenvalue weighted by Crippen LogP contribution is 2.13. The maximum atomic E-state index is 12.7. The van der Waals surface area contributed by atoms with Crippen molar-refractivity contribution >= 4 is 17.9 Å². The van der Waals surface area contributed by atoms with Gasteiger partial charge < -0.3 is 14.2 Å². The van der Waals surface area contributed by atoms with Gasteiger partial charge in [0.15, 0.2) is 6.10 Å². The first-order chi connectivity index (χ1) is 27.0. The fourth-order valence-corrected chi connectivity index (χ4v) is 6.04. The van der Waals surface area contributed by atoms with Gasteiger partial charge in [0.1, 0.15) is 13.2 Å². The van der Waals surface area contributed by atoms with Gasteiger partial charge in [0.25, 0.3) is 0 Å². The molecule has 0 aliphatic rings. The van der Waals surface area contributed by atoms with Gasteiger partial charge in [-0.1, -0.05) is 165 Å². The summed E-state index contributed by atoms with van der Waals surface area (Å²) < 4.78 is 16.7. The minimum absolute atomic E-state index is 0.0904. The number of carbonyl (C=O) groups is 3. The van der Waals surface area contributed by atoms with Crippen LogP contribution in [0.15, 0.2) is 60.8 Å². The van der Waals surface area contributed by atoms with Crippen molar-refractivity contribution in [3.05, 3.63) is 60.8 Å². The largest absolute Gasteiger partial charge is 0.462 e. The molecule has 0 saturated heterocycles. The van der Waals surface area contributed by atoms with E-state index < -0.39 is 6.10 Å². The predicted octanol–water partition coefficient (Wildman–Crippen LogP) is 14.5. The van der Waals surface area contributed by atoms with E-state index in [4.69, 9.17) is 14.2 Å². The predicted molar refractivity (Wildman–Crippen MR) is 233 cm³/mol. The molecule has 316 valence electrons. The van der Waals surface area contributed by atoms with Crippen LogP contribution in [0.1, 0.15) is 213 Å². The Labute approximate surface area is 339 Å². The van der Waals surface area contributed by atoms with E-state index in [1.54, 1.807) is 0 Å². The van der Waals surface area contributed by atoms with Crippen molar-refractivity contribution in [1.29, 1.82) is 0 Å². The van der Waals surface area contributed by atoms with Crippen molar-refractivity contribution in [3.8, 4) is 0 Å². The Kier molecular flexibility index (Phi) is 41.5. The third-order valence-corrected chi connectivity index (χ3v) is 9.50. The lowest BCUT2D eigenvalue weighted by atomic mass is 10.1. The lowest BCUT2D eigenvalue weighted by Crippen LogP contribution is -2.30. The summed E-state index contributed by atoms with van der Waals surface area (Å²) in [6.07, 6.45) is 52.0. The maximum absolute atomic E-state index is 12.7. The van der Waals surface area contributed by atoms with Gasteiger partial charge in [0, 0.05) is 19.3 Å². The van der Waals surface area contributed by atoms with Crippen molar-refractivity contribution in [2.45, 2.75) is 219 Å². The second-order valence-corrected chi connectivity index (χ2v) is 14.9. The maximum Gasteiger partial charge on any atom is 0.306 e. The van der Waals surface area contributed by atoms with E-state index in [2.05, 4.69) is 81.5 Å². The normalized spacial score (nSPS) is 12.6. The van der Waals surface area contributed by atoms with Gasteiger partial charge in [-0.25, -0.2) is 0 Å². The average molecular weight is 769 g/mol. The van der Waals surface area contributed by atoms with Crippen LogP contribution in [0.25, 0.3) is 0 Å². The molecule has 0 fully saturated rings. The Morgan fingerprint density at radius 1 is 0.400 bits per heavy atom. The minimum Gasteiger partial charge on any atom is -0.462 e. The molecule has 0 aromatic carbocycles. The van der Waals surface area contributed by atoms with E-state index in [1.807, 2.05) is 0 Å². The third kappa shape index (κ3) is 42.1. The second-order valence-electron chi connectivity index (χ2n) is 14.9. The molecule has 1 unspecified atom stereocenters. The molecule has 6 nitrogen and oxygen atoms in total. The van der Waals surface area contributed by atoms with Crippen molar-refractivity contribution in [3.63, 3.8) is 0 Å². The van der Waals surface area contributed by atoms with Gasteiger partial charge in [-0.3, -0.25) is 14.4 Å². The number of esters is 3. The average Bonchev–Trinajstić information content (AvgIpc) is 3.18. The molecule has 0 aromatic heterocycles. The summed E-state index contributed by atoms with van der Waals surface area (Å²) in [5.74, 6) is -0.934. The summed E-state index contributed by atoms with van der Waals surface area (Å²) >= 11 is 0. The van der Waals surface area contributed by atoms with Crippen molar-refractivity contribution < 1.29 is 28.6 Å². The SMILES string of the molecule is CC/C=C\C/C=C\CCCCCCCC(=O)OC(COC(=O)CCCCCC/C=C\CCCC)COC(=O)CCCCCCCC/C=C\C=C/CCCCC. The van der Waals surface area contributed by atoms with Crippen LogP contribution in [0.2, 0.25) is 0 Å². The van der Waals surface area contributed by atoms with Crippen LogP contribution in [0.4, 0.5) is 0 Å². The molecular weight excluding hydrogens is 685 g/mol. The van der Waals surface area contributed by atoms with E-state index in [0.29, 0.717) is 19.3 Å². The molecular formula is C49H84O6. The highest BCUT2D eigenvalue weighted by Gasteiger charge is 2.19. The van der Waals surface area contributed by atoms with Gasteiger partial charge in [-0.05, 0) is 89.9 Å². The van der Waals surface area contributed by atoms with Gasteiger partial charge >= 0.3 is 17.9 Å². The van der Waals surface area contributed by atoms with Gasteiger partial charge in [-0.15, -0.1) is 0 Å². The Morgan fingerprint density at radius 3 is 1.27 bits per heavy atom. The van der Waals surface area contributed by atoms with E-state index in [0.717, 1.165) is 116 Å². The Balaban J connectivity index is 4.41. The van der Waals surface area contributed by atoms with Crippen LogP contribution in [0.3, 0.4) is 0 Å². The number of rotatable bonds is 40. The number of ether oxygens (including phenoxy) is 3. The molecule has 0 bridgehead atoms. The van der Waals surface area contributed by atoms with Crippen LogP contribution >= 0.6 is 0 Å². The Bertz CT molecular complexity index is 1020. The summed E-state index contributed by atoms with van der Waals surface area (Å²) in [5, 5.41) is 0. The lowest BCUT2D eigenvalue weighted by Gasteiger charge is -2.18. The summed E-state index contributed by atoms with van der Waals surface area (Å²) in [6.45, 7) is 6.40. The molecule has 0 radical (unpaired) electrons. The summed E-state index contributed by atoms with van der Waals surface area (Å²) in [4.78, 5) is 37.7. The lowest BCUT2D eigenvalue weighted by molar-refractivity contribution is -0.167. The molecule has 0 aliphatic heterocycles. The molecule has 0 aliphatic carbocycles. The van der Waals surface area contributed by atoms with Crippen LogP contribution in [0, 0.1) is 0 Å². The number of hydrogen-bond donors (Lipinski definition) is 0. The number of hydrogen-bond acceptors (Lipinski definition) is 6. The Hall–Kier alpha value is -2.89. The second kappa shape index (κ2) is 43.8. The molecule has 0 aromatic rings. The smallest absolute Gasteiger partial charge is 0.306 e. The molecule has 1 atom stereocenters. The first-order valence-corrected chi connectivity index (χ1v) is 22.8. The zero-order chi connectivity index (χ0) is 40.1. The standard InChI is InChI=1S/C49H84O6/c1-4-7-10-13-16-19-22-24-25-26-28-30-33-36-39-42-48(51)54-45-46(44-53-47(50)41-38-35-32-29-21-18-15-12-9-6-3)55-49(52)43-40-37-34-31-27-23-20-17-14-11-8-5-2/h8,11,15-20,22,24,46H,4-7,9-10,12-14,21,23,25-45H2,1-3H3/b11-8-,18-15-,19-16-,20-17-,24-22-. The van der Waals surface area contributed by atoms with Gasteiger partial charge in [-0.2, -0.15) is 0 Å². The van der Waals surface area contributed by atoms with Crippen molar-refractivity contribution in [2.75, 3.05) is 13.2 Å². The molecule has 0 rings (SSSR count). The monoisotopic (exact) mass is 769 g/mol. The van der Waals surface area contributed by atoms with Crippen LogP contribution in [0.5, 0.6) is 0 Å². The van der Waals surface area contributed by atoms with E-state index in [9.17, 15) is 14.4 Å². The zero-order valence-electron chi connectivity index (χ0n) is 35.9. The quantitative estimate of drug-likeness (QED) is 0.0203. The summed E-state index contributed by atoms with van der Waals surface area (Å²) in [5.41, 5.74) is 0. The summed E-state index contributed by atoms with van der Waals surface area (Å²) in [6, 6.07) is 0. The van der Waals surface area contributed by atoms with E-state index in [-0.39, 0.29) is 31.1 Å². The molecule has 0 amide bonds. The minimum atomic E-state index is -0.788. The van der Waals surface area contributed by atoms with Crippen LogP contribution in [-0.4, -0.2) is 37.2 Å². The highest BCUT2D eigenvalue weighted by molar-refractivity contribution is 5.71. The Morgan fingerprint density at radius 2 is 0.782 bits per heavy atom.